The molecule has 0 radical (unpaired) electrons. The number of amides is 1. The molecular formula is C23H17BrClN3O3. The van der Waals surface area contributed by atoms with Crippen LogP contribution in [0.25, 0.3) is 16.6 Å². The smallest absolute Gasteiger partial charge is 0.324 e. The van der Waals surface area contributed by atoms with Gasteiger partial charge in [-0.3, -0.25) is 14.2 Å². The van der Waals surface area contributed by atoms with Crippen molar-refractivity contribution in [1.82, 2.24) is 9.13 Å². The van der Waals surface area contributed by atoms with Crippen LogP contribution in [0.15, 0.2) is 80.8 Å². The number of nitrogens with one attached hydrogen (secondary N) is 1. The fourth-order valence-electron chi connectivity index (χ4n) is 3.39. The van der Waals surface area contributed by atoms with Gasteiger partial charge in [-0.2, -0.15) is 0 Å². The van der Waals surface area contributed by atoms with Crippen LogP contribution in [0.4, 0.5) is 5.69 Å². The Bertz CT molecular complexity index is 1440. The number of fused-ring (bicyclic) bond motifs is 1. The van der Waals surface area contributed by atoms with Crippen LogP contribution in [0.1, 0.15) is 5.56 Å². The molecule has 4 aromatic rings. The highest BCUT2D eigenvalue weighted by Gasteiger charge is 2.17. The summed E-state index contributed by atoms with van der Waals surface area (Å²) in [5.41, 5.74) is 1.16. The molecule has 31 heavy (non-hydrogen) atoms. The number of aromatic nitrogens is 2. The lowest BCUT2D eigenvalue weighted by Gasteiger charge is -2.15. The summed E-state index contributed by atoms with van der Waals surface area (Å²) in [7, 11) is 0. The number of anilines is 1. The number of nitrogens with zero attached hydrogens (tertiary/aromatic N) is 2. The molecule has 156 valence electrons. The maximum absolute atomic E-state index is 13.3. The SMILES string of the molecule is Cc1ccccc1NC(=O)Cn1c(=O)n(-c2cccc(Cl)c2)c(=O)c2cc(Br)ccc21. The van der Waals surface area contributed by atoms with Crippen LogP contribution in [-0.2, 0) is 11.3 Å². The minimum atomic E-state index is -0.623. The van der Waals surface area contributed by atoms with E-state index in [0.29, 0.717) is 31.8 Å². The van der Waals surface area contributed by atoms with Gasteiger partial charge < -0.3 is 5.32 Å². The van der Waals surface area contributed by atoms with Crippen molar-refractivity contribution in [3.63, 3.8) is 0 Å². The van der Waals surface area contributed by atoms with Gasteiger partial charge in [0.25, 0.3) is 5.56 Å². The van der Waals surface area contributed by atoms with Crippen LogP contribution in [0.2, 0.25) is 5.02 Å². The van der Waals surface area contributed by atoms with E-state index in [1.807, 2.05) is 25.1 Å². The van der Waals surface area contributed by atoms with Gasteiger partial charge in [-0.05, 0) is 55.0 Å². The van der Waals surface area contributed by atoms with E-state index >= 15 is 0 Å². The largest absolute Gasteiger partial charge is 0.336 e. The summed E-state index contributed by atoms with van der Waals surface area (Å²) in [5, 5.41) is 3.52. The zero-order valence-electron chi connectivity index (χ0n) is 16.4. The zero-order valence-corrected chi connectivity index (χ0v) is 18.8. The first-order chi connectivity index (χ1) is 14.8. The number of hydrogen-bond acceptors (Lipinski definition) is 3. The first-order valence-electron chi connectivity index (χ1n) is 9.41. The normalized spacial score (nSPS) is 10.9. The van der Waals surface area contributed by atoms with Gasteiger partial charge in [-0.15, -0.1) is 0 Å². The van der Waals surface area contributed by atoms with Crippen molar-refractivity contribution in [2.75, 3.05) is 5.32 Å². The summed E-state index contributed by atoms with van der Waals surface area (Å²) in [4.78, 5) is 39.3. The van der Waals surface area contributed by atoms with E-state index in [0.717, 1.165) is 10.1 Å². The van der Waals surface area contributed by atoms with Gasteiger partial charge in [0.1, 0.15) is 6.54 Å². The predicted octanol–water partition coefficient (Wildman–Crippen LogP) is 4.52. The number of carbonyl (C=O) groups is 1. The summed E-state index contributed by atoms with van der Waals surface area (Å²) in [5.74, 6) is -0.378. The molecule has 0 unspecified atom stereocenters. The summed E-state index contributed by atoms with van der Waals surface area (Å²) in [6, 6.07) is 18.8. The van der Waals surface area contributed by atoms with Crippen LogP contribution < -0.4 is 16.6 Å². The van der Waals surface area contributed by atoms with Crippen molar-refractivity contribution in [3.8, 4) is 5.69 Å². The Morgan fingerprint density at radius 1 is 1.03 bits per heavy atom. The number of benzene rings is 3. The highest BCUT2D eigenvalue weighted by Crippen LogP contribution is 2.19. The molecule has 4 rings (SSSR count). The average molecular weight is 499 g/mol. The number of carbonyl (C=O) groups excluding carboxylic acids is 1. The zero-order chi connectivity index (χ0) is 22.1. The minimum Gasteiger partial charge on any atom is -0.324 e. The molecule has 0 aliphatic rings. The van der Waals surface area contributed by atoms with Crippen LogP contribution in [-0.4, -0.2) is 15.0 Å². The van der Waals surface area contributed by atoms with Crippen LogP contribution in [0.5, 0.6) is 0 Å². The summed E-state index contributed by atoms with van der Waals surface area (Å²) >= 11 is 9.45. The highest BCUT2D eigenvalue weighted by atomic mass is 79.9. The summed E-state index contributed by atoms with van der Waals surface area (Å²) < 4.78 is 3.00. The molecule has 0 atom stereocenters. The Kier molecular flexibility index (Phi) is 5.80. The quantitative estimate of drug-likeness (QED) is 0.450. The second-order valence-corrected chi connectivity index (χ2v) is 8.37. The lowest BCUT2D eigenvalue weighted by molar-refractivity contribution is -0.116. The molecule has 0 aliphatic carbocycles. The van der Waals surface area contributed by atoms with Crippen molar-refractivity contribution in [2.45, 2.75) is 13.5 Å². The van der Waals surface area contributed by atoms with Crippen molar-refractivity contribution in [3.05, 3.63) is 103 Å². The fourth-order valence-corrected chi connectivity index (χ4v) is 3.93. The number of halogens is 2. The molecule has 0 fully saturated rings. The van der Waals surface area contributed by atoms with E-state index in [2.05, 4.69) is 21.2 Å². The molecule has 0 spiro atoms. The maximum Gasteiger partial charge on any atom is 0.336 e. The molecule has 3 aromatic carbocycles. The second kappa shape index (κ2) is 8.53. The average Bonchev–Trinajstić information content (AvgIpc) is 2.73. The topological polar surface area (TPSA) is 73.1 Å². The molecule has 1 heterocycles. The van der Waals surface area contributed by atoms with Crippen molar-refractivity contribution in [1.29, 1.82) is 0 Å². The van der Waals surface area contributed by atoms with Crippen LogP contribution >= 0.6 is 27.5 Å². The molecule has 0 saturated heterocycles. The Labute approximate surface area is 190 Å². The number of para-hydroxylation sites is 1. The van der Waals surface area contributed by atoms with Gasteiger partial charge in [0, 0.05) is 15.2 Å². The van der Waals surface area contributed by atoms with Gasteiger partial charge in [0.2, 0.25) is 5.91 Å². The lowest BCUT2D eigenvalue weighted by atomic mass is 10.2. The molecule has 6 nitrogen and oxygen atoms in total. The first kappa shape index (κ1) is 21.1. The molecular weight excluding hydrogens is 482 g/mol. The predicted molar refractivity (Wildman–Crippen MR) is 126 cm³/mol. The molecule has 8 heteroatoms. The Hall–Kier alpha value is -3.16. The third-order valence-electron chi connectivity index (χ3n) is 4.89. The van der Waals surface area contributed by atoms with Crippen molar-refractivity contribution < 1.29 is 4.79 Å². The van der Waals surface area contributed by atoms with E-state index in [1.165, 1.54) is 10.6 Å². The third kappa shape index (κ3) is 4.19. The van der Waals surface area contributed by atoms with Crippen molar-refractivity contribution >= 4 is 50.0 Å². The first-order valence-corrected chi connectivity index (χ1v) is 10.6. The van der Waals surface area contributed by atoms with Gasteiger partial charge in [-0.25, -0.2) is 9.36 Å². The van der Waals surface area contributed by atoms with Gasteiger partial charge in [0.15, 0.2) is 0 Å². The molecule has 1 N–H and O–H groups in total. The highest BCUT2D eigenvalue weighted by molar-refractivity contribution is 9.10. The van der Waals surface area contributed by atoms with Gasteiger partial charge in [0.05, 0.1) is 16.6 Å². The lowest BCUT2D eigenvalue weighted by Crippen LogP contribution is -2.40. The van der Waals surface area contributed by atoms with E-state index in [4.69, 9.17) is 11.6 Å². The van der Waals surface area contributed by atoms with Gasteiger partial charge in [-0.1, -0.05) is 51.8 Å². The summed E-state index contributed by atoms with van der Waals surface area (Å²) in [6.45, 7) is 1.63. The molecule has 1 amide bonds. The Morgan fingerprint density at radius 2 is 1.81 bits per heavy atom. The maximum atomic E-state index is 13.3. The molecule has 0 saturated carbocycles. The molecule has 0 aliphatic heterocycles. The third-order valence-corrected chi connectivity index (χ3v) is 5.62. The monoisotopic (exact) mass is 497 g/mol. The van der Waals surface area contributed by atoms with Crippen LogP contribution in [0.3, 0.4) is 0 Å². The number of hydrogen-bond donors (Lipinski definition) is 1. The Morgan fingerprint density at radius 3 is 2.55 bits per heavy atom. The minimum absolute atomic E-state index is 0.258. The summed E-state index contributed by atoms with van der Waals surface area (Å²) in [6.07, 6.45) is 0. The van der Waals surface area contributed by atoms with Gasteiger partial charge >= 0.3 is 5.69 Å². The second-order valence-electron chi connectivity index (χ2n) is 7.01. The van der Waals surface area contributed by atoms with E-state index in [-0.39, 0.29) is 12.5 Å². The number of aryl methyl sites for hydroxylation is 1. The van der Waals surface area contributed by atoms with Crippen molar-refractivity contribution in [2.24, 2.45) is 0 Å². The van der Waals surface area contributed by atoms with E-state index < -0.39 is 11.2 Å². The fraction of sp³-hybridized carbons (Fsp3) is 0.0870. The Balaban J connectivity index is 1.88. The number of rotatable bonds is 4. The standard InChI is InChI=1S/C23H17BrClN3O3/c1-14-5-2-3-8-19(14)26-21(29)13-27-20-10-9-15(24)11-18(20)22(30)28(23(27)31)17-7-4-6-16(25)12-17/h2-12H,13H2,1H3,(H,26,29). The van der Waals surface area contributed by atoms with Crippen LogP contribution in [0, 0.1) is 6.92 Å². The molecule has 1 aromatic heterocycles. The molecule has 0 bridgehead atoms. The van der Waals surface area contributed by atoms with E-state index in [1.54, 1.807) is 42.5 Å². The van der Waals surface area contributed by atoms with E-state index in [9.17, 15) is 14.4 Å².